The first-order chi connectivity index (χ1) is 38.7. The Morgan fingerprint density at radius 1 is 0.244 bits per heavy atom. The highest BCUT2D eigenvalue weighted by Crippen LogP contribution is 2.45. The Morgan fingerprint density at radius 2 is 0.564 bits per heavy atom. The molecule has 10 nitrogen and oxygen atoms in total. The van der Waals surface area contributed by atoms with Crippen molar-refractivity contribution in [1.29, 1.82) is 0 Å². The summed E-state index contributed by atoms with van der Waals surface area (Å²) in [5, 5.41) is 21.9. The number of hydrogen-bond acceptors (Lipinski definition) is 10. The molecule has 0 N–H and O–H groups in total. The van der Waals surface area contributed by atoms with Crippen LogP contribution in [0.15, 0.2) is 276 Å². The molecule has 3 aromatic heterocycles. The second-order valence-electron chi connectivity index (χ2n) is 18.8. The quantitative estimate of drug-likeness (QED) is 0.117. The van der Waals surface area contributed by atoms with Crippen molar-refractivity contribution in [3.63, 3.8) is 0 Å². The summed E-state index contributed by atoms with van der Waals surface area (Å²) < 4.78 is 12.6. The fourth-order valence-corrected chi connectivity index (χ4v) is 10.3. The summed E-state index contributed by atoms with van der Waals surface area (Å²) in [6.07, 6.45) is 0. The molecule has 0 aliphatic rings. The van der Waals surface area contributed by atoms with Gasteiger partial charge < -0.3 is 18.6 Å². The molecule has 11 aromatic carbocycles. The molecule has 0 aliphatic heterocycles. The molecule has 368 valence electrons. The van der Waals surface area contributed by atoms with E-state index in [2.05, 4.69) is 188 Å². The van der Waals surface area contributed by atoms with E-state index in [1.165, 1.54) is 0 Å². The van der Waals surface area contributed by atoms with Crippen LogP contribution in [0.4, 0.5) is 34.1 Å². The van der Waals surface area contributed by atoms with Gasteiger partial charge in [-0.15, -0.1) is 20.4 Å². The Labute approximate surface area is 448 Å². The molecule has 3 heterocycles. The molecule has 0 spiro atoms. The Kier molecular flexibility index (Phi) is 11.6. The Balaban J connectivity index is 0.832. The van der Waals surface area contributed by atoms with Crippen LogP contribution in [0.1, 0.15) is 0 Å². The molecule has 0 aliphatic carbocycles. The number of hydrogen-bond donors (Lipinski definition) is 0. The molecule has 14 aromatic rings. The minimum atomic E-state index is 0.460. The number of rotatable bonds is 12. The average Bonchev–Trinajstić information content (AvgIpc) is 4.30. The maximum absolute atomic E-state index is 6.30. The molecule has 0 radical (unpaired) electrons. The van der Waals surface area contributed by atoms with Gasteiger partial charge in [0.05, 0.1) is 33.8 Å². The standard InChI is InChI=1S/C68H44N8O2/c1-5-19-47(20-6-1)65-71-73-67(77-65)57-41-43-61(55-29-15-13-27-53(55)57)75(49-23-9-3-10-24-49)51-37-33-45(34-38-51)63-64(70-60-32-18-17-31-59(60)69-63)46-35-39-52(40-36-46)76(50-25-11-4-12-26-50)62-44-42-58(54-28-14-16-30-56(54)62)68-74-72-66(78-68)48-21-7-2-8-22-48/h1-44H. The number of fused-ring (bicyclic) bond motifs is 3. The predicted molar refractivity (Wildman–Crippen MR) is 312 cm³/mol. The van der Waals surface area contributed by atoms with Gasteiger partial charge in [-0.05, 0) is 120 Å². The van der Waals surface area contributed by atoms with E-state index >= 15 is 0 Å². The van der Waals surface area contributed by atoms with Crippen molar-refractivity contribution in [2.24, 2.45) is 0 Å². The van der Waals surface area contributed by atoms with Gasteiger partial charge in [0.1, 0.15) is 0 Å². The summed E-state index contributed by atoms with van der Waals surface area (Å²) in [4.78, 5) is 15.2. The van der Waals surface area contributed by atoms with Crippen LogP contribution in [-0.4, -0.2) is 30.4 Å². The average molecular weight is 1010 g/mol. The smallest absolute Gasteiger partial charge is 0.248 e. The largest absolute Gasteiger partial charge is 0.416 e. The van der Waals surface area contributed by atoms with Gasteiger partial charge in [0, 0.05) is 66.9 Å². The number of anilines is 6. The third-order valence-corrected chi connectivity index (χ3v) is 14.0. The third-order valence-electron chi connectivity index (χ3n) is 14.0. The van der Waals surface area contributed by atoms with E-state index in [9.17, 15) is 0 Å². The SMILES string of the molecule is c1ccc(-c2nnc(-c3ccc(N(c4ccccc4)c4ccc(-c5nc6ccccc6nc5-c5ccc(N(c6ccccc6)c6ccc(-c7nnc(-c8ccccc8)o7)c7ccccc67)cc5)cc4)c4ccccc34)o2)cc1. The summed E-state index contributed by atoms with van der Waals surface area (Å²) in [5.41, 5.74) is 14.5. The minimum absolute atomic E-state index is 0.460. The highest BCUT2D eigenvalue weighted by molar-refractivity contribution is 6.07. The molecule has 78 heavy (non-hydrogen) atoms. The summed E-state index contributed by atoms with van der Waals surface area (Å²) in [5.74, 6) is 1.87. The van der Waals surface area contributed by atoms with Crippen LogP contribution in [0.3, 0.4) is 0 Å². The molecular formula is C68H44N8O2. The van der Waals surface area contributed by atoms with E-state index < -0.39 is 0 Å². The Hall–Kier alpha value is -10.8. The van der Waals surface area contributed by atoms with Crippen molar-refractivity contribution >= 4 is 66.7 Å². The minimum Gasteiger partial charge on any atom is -0.416 e. The van der Waals surface area contributed by atoms with Crippen molar-refractivity contribution in [2.45, 2.75) is 0 Å². The van der Waals surface area contributed by atoms with Crippen molar-refractivity contribution in [3.05, 3.63) is 267 Å². The maximum atomic E-state index is 6.30. The molecular weight excluding hydrogens is 961 g/mol. The molecule has 0 atom stereocenters. The number of aromatic nitrogens is 6. The van der Waals surface area contributed by atoms with Crippen molar-refractivity contribution in [1.82, 2.24) is 30.4 Å². The van der Waals surface area contributed by atoms with Crippen LogP contribution in [0.2, 0.25) is 0 Å². The fourth-order valence-electron chi connectivity index (χ4n) is 10.3. The van der Waals surface area contributed by atoms with Gasteiger partial charge in [-0.3, -0.25) is 0 Å². The lowest BCUT2D eigenvalue weighted by Gasteiger charge is -2.27. The molecule has 0 saturated carbocycles. The van der Waals surface area contributed by atoms with Gasteiger partial charge in [-0.1, -0.05) is 158 Å². The van der Waals surface area contributed by atoms with Gasteiger partial charge in [0.2, 0.25) is 23.6 Å². The number of nitrogens with zero attached hydrogens (tertiary/aromatic N) is 8. The molecule has 0 saturated heterocycles. The highest BCUT2D eigenvalue weighted by Gasteiger charge is 2.23. The second-order valence-corrected chi connectivity index (χ2v) is 18.8. The van der Waals surface area contributed by atoms with Gasteiger partial charge in [-0.2, -0.15) is 0 Å². The fraction of sp³-hybridized carbons (Fsp3) is 0. The summed E-state index contributed by atoms with van der Waals surface area (Å²) in [6.45, 7) is 0. The molecule has 0 unspecified atom stereocenters. The maximum Gasteiger partial charge on any atom is 0.248 e. The van der Waals surface area contributed by atoms with Gasteiger partial charge in [-0.25, -0.2) is 9.97 Å². The monoisotopic (exact) mass is 1000 g/mol. The van der Waals surface area contributed by atoms with E-state index in [1.807, 2.05) is 109 Å². The first-order valence-corrected chi connectivity index (χ1v) is 25.7. The van der Waals surface area contributed by atoms with E-state index in [1.54, 1.807) is 0 Å². The zero-order chi connectivity index (χ0) is 51.8. The van der Waals surface area contributed by atoms with Gasteiger partial charge >= 0.3 is 0 Å². The Morgan fingerprint density at radius 3 is 0.962 bits per heavy atom. The number of para-hydroxylation sites is 4. The van der Waals surface area contributed by atoms with Gasteiger partial charge in [0.25, 0.3) is 0 Å². The topological polar surface area (TPSA) is 110 Å². The summed E-state index contributed by atoms with van der Waals surface area (Å²) >= 11 is 0. The van der Waals surface area contributed by atoms with Crippen LogP contribution in [0.25, 0.3) is 101 Å². The molecule has 0 fully saturated rings. The molecule has 0 bridgehead atoms. The van der Waals surface area contributed by atoms with Gasteiger partial charge in [0.15, 0.2) is 0 Å². The predicted octanol–water partition coefficient (Wildman–Crippen LogP) is 17.6. The molecule has 0 amide bonds. The first kappa shape index (κ1) is 45.7. The second kappa shape index (κ2) is 19.8. The van der Waals surface area contributed by atoms with Crippen LogP contribution in [0.5, 0.6) is 0 Å². The lowest BCUT2D eigenvalue weighted by atomic mass is 10.00. The van der Waals surface area contributed by atoms with Crippen molar-refractivity contribution in [3.8, 4) is 68.3 Å². The Bertz CT molecular complexity index is 4150. The van der Waals surface area contributed by atoms with E-state index in [0.717, 1.165) is 111 Å². The lowest BCUT2D eigenvalue weighted by molar-refractivity contribution is 0.585. The number of benzene rings is 11. The zero-order valence-corrected chi connectivity index (χ0v) is 41.8. The van der Waals surface area contributed by atoms with Crippen LogP contribution < -0.4 is 9.80 Å². The van der Waals surface area contributed by atoms with E-state index in [-0.39, 0.29) is 0 Å². The molecule has 14 rings (SSSR count). The van der Waals surface area contributed by atoms with Crippen LogP contribution in [-0.2, 0) is 0 Å². The summed E-state index contributed by atoms with van der Waals surface area (Å²) in [7, 11) is 0. The van der Waals surface area contributed by atoms with Crippen LogP contribution >= 0.6 is 0 Å². The van der Waals surface area contributed by atoms with Crippen molar-refractivity contribution in [2.75, 3.05) is 9.80 Å². The lowest BCUT2D eigenvalue weighted by Crippen LogP contribution is -2.10. The zero-order valence-electron chi connectivity index (χ0n) is 41.8. The first-order valence-electron chi connectivity index (χ1n) is 25.7. The van der Waals surface area contributed by atoms with Crippen LogP contribution in [0, 0.1) is 0 Å². The highest BCUT2D eigenvalue weighted by atomic mass is 16.4. The van der Waals surface area contributed by atoms with E-state index in [0.29, 0.717) is 23.6 Å². The molecule has 10 heteroatoms. The third kappa shape index (κ3) is 8.45. The summed E-state index contributed by atoms with van der Waals surface area (Å²) in [6, 6.07) is 90.9. The van der Waals surface area contributed by atoms with E-state index in [4.69, 9.17) is 18.8 Å². The van der Waals surface area contributed by atoms with Crippen molar-refractivity contribution < 1.29 is 8.83 Å². The normalized spacial score (nSPS) is 11.3.